The van der Waals surface area contributed by atoms with Gasteiger partial charge >= 0.3 is 11.9 Å². The first-order valence-corrected chi connectivity index (χ1v) is 72.1. The third kappa shape index (κ3) is 44.3. The third-order valence-electron chi connectivity index (χ3n) is 24.4. The number of rotatable bonds is 71. The van der Waals surface area contributed by atoms with E-state index in [-0.39, 0.29) is 0 Å². The fourth-order valence-corrected chi connectivity index (χ4v) is 66.5. The van der Waals surface area contributed by atoms with Crippen LogP contribution in [0.25, 0.3) is 22.3 Å². The second kappa shape index (κ2) is 58.3. The summed E-state index contributed by atoms with van der Waals surface area (Å²) in [6, 6.07) is 50.2. The van der Waals surface area contributed by atoms with Crippen molar-refractivity contribution in [2.45, 2.75) is 393 Å². The van der Waals surface area contributed by atoms with Crippen molar-refractivity contribution in [1.82, 2.24) is 3.90 Å². The predicted molar refractivity (Wildman–Crippen MR) is 550 cm³/mol. The quantitative estimate of drug-likeness (QED) is 0.0156. The molecule has 0 radical (unpaired) electrons. The Kier molecular flexibility index (Phi) is 50.5. The van der Waals surface area contributed by atoms with Crippen LogP contribution in [0.1, 0.15) is 280 Å². The fraction of sp³-hybridized carbons (Fsp3) is 0.638. The number of ether oxygens (including phenoxy) is 8. The average Bonchev–Trinajstić information content (AvgIpc) is 0.766. The second-order valence-corrected chi connectivity index (χ2v) is 73.5. The molecule has 13 nitrogen and oxygen atoms in total. The highest BCUT2D eigenvalue weighted by molar-refractivity contribution is 7.05. The Morgan fingerprint density at radius 2 is 0.464 bits per heavy atom. The lowest BCUT2D eigenvalue weighted by Crippen LogP contribution is -2.71. The summed E-state index contributed by atoms with van der Waals surface area (Å²) in [5.41, 5.74) is 5.01. The molecule has 700 valence electrons. The topological polar surface area (TPSA) is 130 Å². The molecule has 125 heavy (non-hydrogen) atoms. The lowest BCUT2D eigenvalue weighted by Gasteiger charge is -2.55. The monoisotopic (exact) mass is 1840 g/mol. The molecule has 0 unspecified atom stereocenters. The Bertz CT molecular complexity index is 3660. The Morgan fingerprint density at radius 1 is 0.240 bits per heavy atom. The molecule has 0 aliphatic carbocycles. The van der Waals surface area contributed by atoms with Crippen LogP contribution in [0.5, 0.6) is 46.0 Å². The lowest BCUT2D eigenvalue weighted by atomic mass is 10.1. The van der Waals surface area contributed by atoms with Crippen molar-refractivity contribution in [3.8, 4) is 68.2 Å². The van der Waals surface area contributed by atoms with Crippen molar-refractivity contribution < 1.29 is 55.7 Å². The Labute approximate surface area is 770 Å². The molecule has 0 N–H and O–H groups in total. The van der Waals surface area contributed by atoms with Gasteiger partial charge in [-0.25, -0.2) is 9.59 Å². The lowest BCUT2D eigenvalue weighted by molar-refractivity contribution is 0.0720. The number of nitrogens with zero attached hydrogens (tertiary/aromatic N) is 1. The average molecular weight is 1840 g/mol. The zero-order valence-electron chi connectivity index (χ0n) is 82.5. The normalized spacial score (nSPS) is 12.4. The summed E-state index contributed by atoms with van der Waals surface area (Å²) in [7, 11) is -13.5. The standard InChI is InChI=1S/C105H175NO12Si7/c1-20-24-28-32-36-38-40-44-48-76-109-94-64-56-90(57-65-94)92-60-68-96(69-61-92)115-104(107)100-74-72-98(111-78-50-42-34-30-26-22-3)88-102(100)113-80-52-46-54-82-122(12,13)117-124(16,17)86-84-120(8,9)106(119(5,6)7)121(10,11)85-87-125(18,19)118-123(14,15)83-55-47-53-81-114-103-89-99(112-79-51-43-35-31-27-23-4)73-75-101(103)105(108)116-97-70-62-93(63-71-97)91-58-66-95(67-59-91)110-77-49-45-41-39-37-33-29-25-21-2/h56-75,88-89H,20-55,76-87H2,1-19H3. The highest BCUT2D eigenvalue weighted by Gasteiger charge is 2.49. The molecule has 0 saturated carbocycles. The molecule has 0 aromatic heterocycles. The van der Waals surface area contributed by atoms with Crippen molar-refractivity contribution in [3.05, 3.63) is 145 Å². The number of carbonyl (C=O) groups is 2. The van der Waals surface area contributed by atoms with Crippen LogP contribution in [0.4, 0.5) is 0 Å². The van der Waals surface area contributed by atoms with E-state index in [1.54, 1.807) is 12.1 Å². The van der Waals surface area contributed by atoms with E-state index < -0.39 is 69.9 Å². The van der Waals surface area contributed by atoms with Gasteiger partial charge in [0.1, 0.15) is 81.8 Å². The van der Waals surface area contributed by atoms with Crippen LogP contribution in [-0.2, 0) is 8.23 Å². The molecule has 6 aromatic rings. The van der Waals surface area contributed by atoms with Crippen molar-refractivity contribution in [1.29, 1.82) is 0 Å². The number of hydrogen-bond acceptors (Lipinski definition) is 13. The van der Waals surface area contributed by atoms with Gasteiger partial charge in [0, 0.05) is 12.1 Å². The van der Waals surface area contributed by atoms with Crippen LogP contribution < -0.4 is 37.9 Å². The molecule has 0 heterocycles. The number of esters is 2. The van der Waals surface area contributed by atoms with Gasteiger partial charge < -0.3 is 50.0 Å². The SMILES string of the molecule is CCCCCCCCCCCOc1ccc(-c2ccc(OC(=O)c3ccc(OCCCCCCCC)cc3OCCCCC[Si](C)(C)O[Si](C)(C)CC[Si](C)(C)N([Si](C)(C)C)[Si](C)(C)CC[Si](C)(C)O[Si](C)(C)CCCCCOc3cc(OCCCCCCCC)ccc3C(=O)Oc3ccc(-c4ccc(OCCCCCCCCCCC)cc4)cc3)cc2)cc1. The molecule has 0 aliphatic rings. The molecule has 0 amide bonds. The fourth-order valence-electron chi connectivity index (χ4n) is 18.1. The molecule has 6 aromatic carbocycles. The van der Waals surface area contributed by atoms with Crippen molar-refractivity contribution in [3.63, 3.8) is 0 Å². The van der Waals surface area contributed by atoms with Gasteiger partial charge in [-0.05, 0) is 222 Å². The van der Waals surface area contributed by atoms with E-state index in [1.165, 1.54) is 178 Å². The van der Waals surface area contributed by atoms with Crippen molar-refractivity contribution in [2.75, 3.05) is 39.6 Å². The Morgan fingerprint density at radius 3 is 0.736 bits per heavy atom. The first-order valence-electron chi connectivity index (χ1n) is 49.9. The highest BCUT2D eigenvalue weighted by Crippen LogP contribution is 2.40. The molecule has 0 atom stereocenters. The van der Waals surface area contributed by atoms with E-state index >= 15 is 0 Å². The van der Waals surface area contributed by atoms with E-state index in [0.717, 1.165) is 136 Å². The molecular formula is C105H175NO12Si7. The predicted octanol–water partition coefficient (Wildman–Crippen LogP) is 33.0. The Hall–Kier alpha value is -5.54. The van der Waals surface area contributed by atoms with Crippen LogP contribution in [0, 0.1) is 0 Å². The molecule has 0 aliphatic heterocycles. The summed E-state index contributed by atoms with van der Waals surface area (Å²) >= 11 is 0. The van der Waals surface area contributed by atoms with Gasteiger partial charge in [0.05, 0.1) is 39.6 Å². The maximum atomic E-state index is 14.0. The molecule has 0 saturated heterocycles. The summed E-state index contributed by atoms with van der Waals surface area (Å²) < 4.78 is 68.0. The Balaban J connectivity index is 0.942. The minimum atomic E-state index is -2.02. The molecule has 0 bridgehead atoms. The van der Waals surface area contributed by atoms with Gasteiger partial charge in [0.15, 0.2) is 33.3 Å². The van der Waals surface area contributed by atoms with Crippen LogP contribution >= 0.6 is 0 Å². The third-order valence-corrected chi connectivity index (χ3v) is 58.3. The van der Waals surface area contributed by atoms with Crippen LogP contribution in [0.2, 0.25) is 134 Å². The molecule has 0 spiro atoms. The molecule has 20 heteroatoms. The van der Waals surface area contributed by atoms with Crippen molar-refractivity contribution in [2.24, 2.45) is 0 Å². The van der Waals surface area contributed by atoms with Crippen molar-refractivity contribution >= 4 is 69.9 Å². The van der Waals surface area contributed by atoms with E-state index in [9.17, 15) is 9.59 Å². The van der Waals surface area contributed by atoms with Gasteiger partial charge in [0.2, 0.25) is 0 Å². The molecule has 0 fully saturated rings. The summed E-state index contributed by atoms with van der Waals surface area (Å²) in [6.45, 7) is 51.0. The smallest absolute Gasteiger partial charge is 0.347 e. The number of benzene rings is 6. The van der Waals surface area contributed by atoms with E-state index in [4.69, 9.17) is 46.1 Å². The first-order chi connectivity index (χ1) is 59.8. The highest BCUT2D eigenvalue weighted by atomic mass is 28.5. The van der Waals surface area contributed by atoms with Crippen LogP contribution in [0.15, 0.2) is 133 Å². The van der Waals surface area contributed by atoms with Gasteiger partial charge in [-0.1, -0.05) is 315 Å². The second-order valence-electron chi connectivity index (χ2n) is 40.5. The largest absolute Gasteiger partial charge is 0.494 e. The number of hydrogen-bond donors (Lipinski definition) is 0. The minimum absolute atomic E-state index is 0.391. The minimum Gasteiger partial charge on any atom is -0.494 e. The maximum absolute atomic E-state index is 14.0. The molecular weight excluding hydrogens is 1660 g/mol. The van der Waals surface area contributed by atoms with E-state index in [0.29, 0.717) is 72.1 Å². The first kappa shape index (κ1) is 108. The summed E-state index contributed by atoms with van der Waals surface area (Å²) in [6.07, 6.45) is 43.5. The molecule has 6 rings (SSSR count). The summed E-state index contributed by atoms with van der Waals surface area (Å²) in [5, 5.41) is 0. The number of carbonyl (C=O) groups excluding carboxylic acids is 2. The van der Waals surface area contributed by atoms with Crippen LogP contribution in [0.3, 0.4) is 0 Å². The summed E-state index contributed by atoms with van der Waals surface area (Å²) in [5.74, 6) is 4.24. The van der Waals surface area contributed by atoms with Gasteiger partial charge in [-0.2, -0.15) is 0 Å². The summed E-state index contributed by atoms with van der Waals surface area (Å²) in [4.78, 5) is 28.1. The zero-order valence-corrected chi connectivity index (χ0v) is 89.5. The van der Waals surface area contributed by atoms with Gasteiger partial charge in [-0.3, -0.25) is 0 Å². The van der Waals surface area contributed by atoms with Gasteiger partial charge in [-0.15, -0.1) is 0 Å². The maximum Gasteiger partial charge on any atom is 0.347 e. The van der Waals surface area contributed by atoms with Crippen LogP contribution in [-0.4, -0.2) is 113 Å². The number of unbranched alkanes of at least 4 members (excludes halogenated alkanes) is 30. The van der Waals surface area contributed by atoms with E-state index in [2.05, 4.69) is 154 Å². The van der Waals surface area contributed by atoms with E-state index in [1.807, 2.05) is 97.1 Å². The zero-order chi connectivity index (χ0) is 90.9. The van der Waals surface area contributed by atoms with Gasteiger partial charge in [0.25, 0.3) is 0 Å².